The van der Waals surface area contributed by atoms with Crippen LogP contribution in [-0.4, -0.2) is 14.5 Å². The molecule has 3 nitrogen and oxygen atoms in total. The fourth-order valence-electron chi connectivity index (χ4n) is 2.52. The van der Waals surface area contributed by atoms with Crippen LogP contribution < -0.4 is 4.72 Å². The number of rotatable bonds is 5. The largest absolute Gasteiger partial charge is 0.240 e. The minimum Gasteiger partial charge on any atom is -0.208 e. The Bertz CT molecular complexity index is 579. The zero-order valence-corrected chi connectivity index (χ0v) is 13.3. The summed E-state index contributed by atoms with van der Waals surface area (Å²) in [5.74, 6) is 1.14. The van der Waals surface area contributed by atoms with Gasteiger partial charge in [-0.15, -0.1) is 0 Å². The lowest BCUT2D eigenvalue weighted by molar-refractivity contribution is 0.471. The van der Waals surface area contributed by atoms with Gasteiger partial charge in [0.15, 0.2) is 0 Å². The third-order valence-corrected chi connectivity index (χ3v) is 6.34. The van der Waals surface area contributed by atoms with E-state index in [0.29, 0.717) is 16.7 Å². The second kappa shape index (κ2) is 4.86. The van der Waals surface area contributed by atoms with E-state index in [2.05, 4.69) is 20.7 Å². The van der Waals surface area contributed by atoms with E-state index < -0.39 is 10.0 Å². The highest BCUT2D eigenvalue weighted by Crippen LogP contribution is 2.45. The first-order chi connectivity index (χ1) is 8.97. The second-order valence-electron chi connectivity index (χ2n) is 5.73. The zero-order valence-electron chi connectivity index (χ0n) is 10.9. The SMILES string of the molecule is Cc1cc(S(=O)(=O)NC(C2CC2)C2CC2)ccc1Br. The number of hydrogen-bond acceptors (Lipinski definition) is 2. The van der Waals surface area contributed by atoms with E-state index in [4.69, 9.17) is 0 Å². The fraction of sp³-hybridized carbons (Fsp3) is 0.571. The van der Waals surface area contributed by atoms with Crippen LogP contribution in [0.4, 0.5) is 0 Å². The van der Waals surface area contributed by atoms with Crippen LogP contribution in [0.2, 0.25) is 0 Å². The van der Waals surface area contributed by atoms with Crippen molar-refractivity contribution in [1.29, 1.82) is 0 Å². The van der Waals surface area contributed by atoms with Gasteiger partial charge in [0.1, 0.15) is 0 Å². The lowest BCUT2D eigenvalue weighted by Crippen LogP contribution is -2.38. The van der Waals surface area contributed by atoms with E-state index in [0.717, 1.165) is 10.0 Å². The van der Waals surface area contributed by atoms with Crippen LogP contribution in [0.25, 0.3) is 0 Å². The molecule has 3 rings (SSSR count). The van der Waals surface area contributed by atoms with E-state index in [9.17, 15) is 8.42 Å². The molecule has 104 valence electrons. The Balaban J connectivity index is 1.82. The molecule has 0 spiro atoms. The fourth-order valence-corrected chi connectivity index (χ4v) is 4.22. The number of aryl methyl sites for hydroxylation is 1. The second-order valence-corrected chi connectivity index (χ2v) is 8.30. The Morgan fingerprint density at radius 3 is 2.26 bits per heavy atom. The minimum absolute atomic E-state index is 0.161. The lowest BCUT2D eigenvalue weighted by atomic mass is 10.1. The van der Waals surface area contributed by atoms with Crippen molar-refractivity contribution in [3.63, 3.8) is 0 Å². The number of nitrogens with one attached hydrogen (secondary N) is 1. The molecule has 0 aliphatic heterocycles. The molecule has 1 aromatic rings. The summed E-state index contributed by atoms with van der Waals surface area (Å²) < 4.78 is 28.8. The van der Waals surface area contributed by atoms with Crippen LogP contribution in [0.5, 0.6) is 0 Å². The zero-order chi connectivity index (χ0) is 13.6. The Hall–Kier alpha value is -0.390. The molecule has 0 amide bonds. The third-order valence-electron chi connectivity index (χ3n) is 3.99. The summed E-state index contributed by atoms with van der Waals surface area (Å²) in [5.41, 5.74) is 0.942. The van der Waals surface area contributed by atoms with Gasteiger partial charge in [0.25, 0.3) is 0 Å². The summed E-state index contributed by atoms with van der Waals surface area (Å²) in [6, 6.07) is 5.35. The topological polar surface area (TPSA) is 46.2 Å². The molecule has 0 unspecified atom stereocenters. The quantitative estimate of drug-likeness (QED) is 0.891. The molecule has 0 radical (unpaired) electrons. The summed E-state index contributed by atoms with van der Waals surface area (Å²) in [6.45, 7) is 1.91. The molecule has 2 saturated carbocycles. The van der Waals surface area contributed by atoms with Crippen LogP contribution >= 0.6 is 15.9 Å². The Morgan fingerprint density at radius 1 is 1.21 bits per heavy atom. The van der Waals surface area contributed by atoms with Gasteiger partial charge in [0.05, 0.1) is 4.90 Å². The van der Waals surface area contributed by atoms with E-state index in [1.165, 1.54) is 25.7 Å². The van der Waals surface area contributed by atoms with Crippen molar-refractivity contribution in [2.24, 2.45) is 11.8 Å². The Morgan fingerprint density at radius 2 is 1.79 bits per heavy atom. The van der Waals surface area contributed by atoms with Crippen molar-refractivity contribution in [1.82, 2.24) is 4.72 Å². The van der Waals surface area contributed by atoms with Gasteiger partial charge < -0.3 is 0 Å². The van der Waals surface area contributed by atoms with Gasteiger partial charge in [-0.3, -0.25) is 0 Å². The van der Waals surface area contributed by atoms with E-state index in [1.54, 1.807) is 18.2 Å². The van der Waals surface area contributed by atoms with Gasteiger partial charge in [0.2, 0.25) is 10.0 Å². The van der Waals surface area contributed by atoms with Gasteiger partial charge >= 0.3 is 0 Å². The highest BCUT2D eigenvalue weighted by atomic mass is 79.9. The van der Waals surface area contributed by atoms with Gasteiger partial charge in [-0.1, -0.05) is 15.9 Å². The molecule has 2 fully saturated rings. The van der Waals surface area contributed by atoms with Crippen molar-refractivity contribution in [3.05, 3.63) is 28.2 Å². The molecule has 0 bridgehead atoms. The van der Waals surface area contributed by atoms with Crippen molar-refractivity contribution in [2.45, 2.75) is 43.5 Å². The molecule has 1 aromatic carbocycles. The van der Waals surface area contributed by atoms with E-state index in [1.807, 2.05) is 6.92 Å². The Kier molecular flexibility index (Phi) is 3.48. The molecule has 0 heterocycles. The average Bonchev–Trinajstić information content (AvgIpc) is 3.23. The van der Waals surface area contributed by atoms with Crippen molar-refractivity contribution in [2.75, 3.05) is 0 Å². The van der Waals surface area contributed by atoms with E-state index in [-0.39, 0.29) is 6.04 Å². The van der Waals surface area contributed by atoms with Crippen molar-refractivity contribution < 1.29 is 8.42 Å². The summed E-state index contributed by atoms with van der Waals surface area (Å²) >= 11 is 3.40. The number of halogens is 1. The Labute approximate surface area is 123 Å². The molecule has 2 aliphatic rings. The summed E-state index contributed by atoms with van der Waals surface area (Å²) in [6.07, 6.45) is 4.68. The first-order valence-electron chi connectivity index (χ1n) is 6.76. The van der Waals surface area contributed by atoms with Crippen molar-refractivity contribution >= 4 is 26.0 Å². The normalized spacial score (nSPS) is 19.9. The molecule has 5 heteroatoms. The van der Waals surface area contributed by atoms with Gasteiger partial charge in [-0.05, 0) is 68.2 Å². The summed E-state index contributed by atoms with van der Waals surface area (Å²) in [5, 5.41) is 0. The molecular formula is C14H18BrNO2S. The molecular weight excluding hydrogens is 326 g/mol. The molecule has 2 aliphatic carbocycles. The van der Waals surface area contributed by atoms with Gasteiger partial charge in [-0.25, -0.2) is 13.1 Å². The summed E-state index contributed by atoms with van der Waals surface area (Å²) in [7, 11) is -3.38. The lowest BCUT2D eigenvalue weighted by Gasteiger charge is -2.18. The third kappa shape index (κ3) is 3.03. The van der Waals surface area contributed by atoms with Crippen LogP contribution in [0.3, 0.4) is 0 Å². The number of sulfonamides is 1. The van der Waals surface area contributed by atoms with Crippen LogP contribution in [0, 0.1) is 18.8 Å². The molecule has 0 aromatic heterocycles. The molecule has 1 N–H and O–H groups in total. The summed E-state index contributed by atoms with van der Waals surface area (Å²) in [4.78, 5) is 0.375. The predicted molar refractivity (Wildman–Crippen MR) is 78.4 cm³/mol. The highest BCUT2D eigenvalue weighted by molar-refractivity contribution is 9.10. The average molecular weight is 344 g/mol. The maximum absolute atomic E-state index is 12.4. The number of hydrogen-bond donors (Lipinski definition) is 1. The van der Waals surface area contributed by atoms with Crippen molar-refractivity contribution in [3.8, 4) is 0 Å². The smallest absolute Gasteiger partial charge is 0.208 e. The first kappa shape index (κ1) is 13.6. The minimum atomic E-state index is -3.38. The van der Waals surface area contributed by atoms with Crippen LogP contribution in [-0.2, 0) is 10.0 Å². The standard InChI is InChI=1S/C14H18BrNO2S/c1-9-8-12(6-7-13(9)15)19(17,18)16-14(10-2-3-10)11-4-5-11/h6-8,10-11,14,16H,2-5H2,1H3. The van der Waals surface area contributed by atoms with Crippen LogP contribution in [0.1, 0.15) is 31.2 Å². The highest BCUT2D eigenvalue weighted by Gasteiger charge is 2.43. The maximum atomic E-state index is 12.4. The predicted octanol–water partition coefficient (Wildman–Crippen LogP) is 3.22. The van der Waals surface area contributed by atoms with Gasteiger partial charge in [-0.2, -0.15) is 0 Å². The monoisotopic (exact) mass is 343 g/mol. The maximum Gasteiger partial charge on any atom is 0.240 e. The molecule has 19 heavy (non-hydrogen) atoms. The van der Waals surface area contributed by atoms with Gasteiger partial charge in [0, 0.05) is 10.5 Å². The number of benzene rings is 1. The first-order valence-corrected chi connectivity index (χ1v) is 9.03. The molecule has 0 atom stereocenters. The van der Waals surface area contributed by atoms with E-state index >= 15 is 0 Å². The molecule has 0 saturated heterocycles. The van der Waals surface area contributed by atoms with Crippen LogP contribution in [0.15, 0.2) is 27.6 Å².